The predicted molar refractivity (Wildman–Crippen MR) is 128 cm³/mol. The van der Waals surface area contributed by atoms with Crippen molar-refractivity contribution in [2.24, 2.45) is 0 Å². The van der Waals surface area contributed by atoms with Crippen molar-refractivity contribution in [3.63, 3.8) is 0 Å². The lowest BCUT2D eigenvalue weighted by Crippen LogP contribution is -2.48. The average Bonchev–Trinajstić information content (AvgIpc) is 3.37. The molecular formula is C24H28FN5O3S. The molecule has 0 radical (unpaired) electrons. The van der Waals surface area contributed by atoms with Crippen LogP contribution >= 0.6 is 0 Å². The molecule has 10 heteroatoms. The van der Waals surface area contributed by atoms with Crippen molar-refractivity contribution >= 4 is 26.8 Å². The van der Waals surface area contributed by atoms with E-state index in [1.165, 1.54) is 12.1 Å². The molecule has 2 aliphatic rings. The van der Waals surface area contributed by atoms with Gasteiger partial charge in [-0.05, 0) is 50.2 Å². The fourth-order valence-corrected chi connectivity index (χ4v) is 6.60. The van der Waals surface area contributed by atoms with Crippen LogP contribution in [0.4, 0.5) is 4.39 Å². The molecule has 0 unspecified atom stereocenters. The molecule has 4 heterocycles. The molecule has 8 nitrogen and oxygen atoms in total. The van der Waals surface area contributed by atoms with Crippen molar-refractivity contribution in [3.8, 4) is 11.3 Å². The van der Waals surface area contributed by atoms with E-state index in [1.54, 1.807) is 22.9 Å². The van der Waals surface area contributed by atoms with Crippen LogP contribution in [0.2, 0.25) is 0 Å². The van der Waals surface area contributed by atoms with Crippen molar-refractivity contribution in [3.05, 3.63) is 47.4 Å². The molecule has 3 aromatic rings. The van der Waals surface area contributed by atoms with Gasteiger partial charge in [0, 0.05) is 31.7 Å². The van der Waals surface area contributed by atoms with Crippen LogP contribution in [0.1, 0.15) is 35.4 Å². The summed E-state index contributed by atoms with van der Waals surface area (Å²) in [6.45, 7) is 7.80. The van der Waals surface area contributed by atoms with E-state index in [0.29, 0.717) is 53.1 Å². The van der Waals surface area contributed by atoms with Gasteiger partial charge in [-0.2, -0.15) is 5.10 Å². The van der Waals surface area contributed by atoms with E-state index in [1.807, 2.05) is 11.8 Å². The van der Waals surface area contributed by atoms with Gasteiger partial charge in [-0.3, -0.25) is 4.79 Å². The van der Waals surface area contributed by atoms with Crippen molar-refractivity contribution in [2.45, 2.75) is 26.3 Å². The Balaban J connectivity index is 1.64. The molecular weight excluding hydrogens is 457 g/mol. The van der Waals surface area contributed by atoms with E-state index in [-0.39, 0.29) is 29.3 Å². The van der Waals surface area contributed by atoms with Crippen LogP contribution in [0.5, 0.6) is 0 Å². The second kappa shape index (κ2) is 8.74. The highest BCUT2D eigenvalue weighted by molar-refractivity contribution is 7.91. The Morgan fingerprint density at radius 1 is 1.15 bits per heavy atom. The summed E-state index contributed by atoms with van der Waals surface area (Å²) in [4.78, 5) is 22.7. The minimum absolute atomic E-state index is 0.00787. The highest BCUT2D eigenvalue weighted by Gasteiger charge is 2.33. The van der Waals surface area contributed by atoms with Crippen molar-refractivity contribution < 1.29 is 17.6 Å². The normalized spacial score (nSPS) is 20.8. The molecule has 2 aliphatic heterocycles. The van der Waals surface area contributed by atoms with E-state index < -0.39 is 9.84 Å². The number of aromatic nitrogens is 3. The number of likely N-dealkylation sites (N-methyl/N-ethyl adjacent to an activating group) is 1. The summed E-state index contributed by atoms with van der Waals surface area (Å²) in [6.07, 6.45) is 0.462. The number of halogens is 1. The van der Waals surface area contributed by atoms with Crippen LogP contribution in [0.25, 0.3) is 22.3 Å². The molecule has 1 atom stereocenters. The average molecular weight is 486 g/mol. The first kappa shape index (κ1) is 22.9. The Kier molecular flexibility index (Phi) is 5.89. The number of hydrogen-bond donors (Lipinski definition) is 0. The first-order valence-corrected chi connectivity index (χ1v) is 13.5. The van der Waals surface area contributed by atoms with E-state index in [4.69, 9.17) is 4.98 Å². The number of amides is 1. The van der Waals surface area contributed by atoms with Gasteiger partial charge in [0.2, 0.25) is 0 Å². The molecule has 34 heavy (non-hydrogen) atoms. The molecule has 180 valence electrons. The molecule has 0 saturated carbocycles. The second-order valence-corrected chi connectivity index (χ2v) is 11.3. The van der Waals surface area contributed by atoms with Crippen LogP contribution in [-0.2, 0) is 9.84 Å². The number of nitrogens with zero attached hydrogens (tertiary/aromatic N) is 5. The van der Waals surface area contributed by atoms with Crippen LogP contribution < -0.4 is 0 Å². The summed E-state index contributed by atoms with van der Waals surface area (Å²) in [5.41, 5.74) is 2.85. The first-order chi connectivity index (χ1) is 16.3. The number of fused-ring (bicyclic) bond motifs is 1. The Morgan fingerprint density at radius 3 is 2.47 bits per heavy atom. The Morgan fingerprint density at radius 2 is 1.85 bits per heavy atom. The quantitative estimate of drug-likeness (QED) is 0.565. The molecule has 2 saturated heterocycles. The first-order valence-electron chi connectivity index (χ1n) is 11.6. The van der Waals surface area contributed by atoms with Gasteiger partial charge in [0.25, 0.3) is 5.91 Å². The van der Waals surface area contributed by atoms with Crippen molar-refractivity contribution in [1.29, 1.82) is 0 Å². The molecule has 0 N–H and O–H groups in total. The highest BCUT2D eigenvalue weighted by atomic mass is 32.2. The zero-order chi connectivity index (χ0) is 24.0. The lowest BCUT2D eigenvalue weighted by Gasteiger charge is -2.34. The predicted octanol–water partition coefficient (Wildman–Crippen LogP) is 2.68. The zero-order valence-electron chi connectivity index (χ0n) is 19.4. The molecule has 0 bridgehead atoms. The van der Waals surface area contributed by atoms with Gasteiger partial charge in [-0.1, -0.05) is 6.92 Å². The summed E-state index contributed by atoms with van der Waals surface area (Å²) >= 11 is 0. The third kappa shape index (κ3) is 4.20. The van der Waals surface area contributed by atoms with Gasteiger partial charge in [0.05, 0.1) is 39.9 Å². The molecule has 2 fully saturated rings. The van der Waals surface area contributed by atoms with Crippen molar-refractivity contribution in [2.75, 3.05) is 44.2 Å². The summed E-state index contributed by atoms with van der Waals surface area (Å²) in [6, 6.07) is 7.41. The molecule has 5 rings (SSSR count). The van der Waals surface area contributed by atoms with Gasteiger partial charge in [-0.25, -0.2) is 22.5 Å². The fourth-order valence-electron chi connectivity index (χ4n) is 4.91. The Hall–Kier alpha value is -2.85. The maximum Gasteiger partial charge on any atom is 0.254 e. The fraction of sp³-hybridized carbons (Fsp3) is 0.458. The number of pyridine rings is 1. The molecule has 2 aromatic heterocycles. The highest BCUT2D eigenvalue weighted by Crippen LogP contribution is 2.32. The number of piperazine rings is 1. The minimum atomic E-state index is -3.13. The van der Waals surface area contributed by atoms with Crippen LogP contribution in [0, 0.1) is 12.7 Å². The van der Waals surface area contributed by atoms with Crippen LogP contribution in [0.3, 0.4) is 0 Å². The van der Waals surface area contributed by atoms with Gasteiger partial charge >= 0.3 is 0 Å². The van der Waals surface area contributed by atoms with E-state index in [2.05, 4.69) is 16.9 Å². The zero-order valence-corrected chi connectivity index (χ0v) is 20.2. The number of hydrogen-bond acceptors (Lipinski definition) is 6. The van der Waals surface area contributed by atoms with Gasteiger partial charge in [0.1, 0.15) is 5.82 Å². The second-order valence-electron chi connectivity index (χ2n) is 9.07. The largest absolute Gasteiger partial charge is 0.336 e. The van der Waals surface area contributed by atoms with Crippen LogP contribution in [0.15, 0.2) is 30.3 Å². The topological polar surface area (TPSA) is 88.4 Å². The van der Waals surface area contributed by atoms with E-state index >= 15 is 0 Å². The number of rotatable bonds is 4. The number of carbonyl (C=O) groups excluding carboxylic acids is 1. The number of sulfone groups is 1. The standard InChI is InChI=1S/C24H28FN5O3S/c1-3-28-9-11-29(12-10-28)24(31)20-14-21(17-4-6-18(25)7-5-17)26-23-22(20)16(2)27-30(23)19-8-13-34(32,33)15-19/h4-7,14,19H,3,8-13,15H2,1-2H3/t19-/m1/s1. The number of aryl methyl sites for hydroxylation is 1. The lowest BCUT2D eigenvalue weighted by atomic mass is 10.0. The SMILES string of the molecule is CCN1CCN(C(=O)c2cc(-c3ccc(F)cc3)nc3c2c(C)nn3[C@@H]2CCS(=O)(=O)C2)CC1. The van der Waals surface area contributed by atoms with E-state index in [0.717, 1.165) is 19.6 Å². The maximum atomic E-state index is 13.7. The number of benzene rings is 1. The van der Waals surface area contributed by atoms with Crippen LogP contribution in [-0.4, -0.2) is 83.1 Å². The third-order valence-corrected chi connectivity index (χ3v) is 8.62. The maximum absolute atomic E-state index is 13.7. The van der Waals surface area contributed by atoms with Gasteiger partial charge in [-0.15, -0.1) is 0 Å². The molecule has 0 aliphatic carbocycles. The molecule has 0 spiro atoms. The smallest absolute Gasteiger partial charge is 0.254 e. The van der Waals surface area contributed by atoms with Gasteiger partial charge in [0.15, 0.2) is 15.5 Å². The summed E-state index contributed by atoms with van der Waals surface area (Å²) in [5, 5.41) is 5.30. The molecule has 1 amide bonds. The monoisotopic (exact) mass is 485 g/mol. The van der Waals surface area contributed by atoms with Gasteiger partial charge < -0.3 is 9.80 Å². The molecule has 1 aromatic carbocycles. The Labute approximate surface area is 198 Å². The summed E-state index contributed by atoms with van der Waals surface area (Å²) < 4.78 is 39.5. The third-order valence-electron chi connectivity index (χ3n) is 6.87. The minimum Gasteiger partial charge on any atom is -0.336 e. The lowest BCUT2D eigenvalue weighted by molar-refractivity contribution is 0.0645. The number of carbonyl (C=O) groups is 1. The van der Waals surface area contributed by atoms with E-state index in [9.17, 15) is 17.6 Å². The summed E-state index contributed by atoms with van der Waals surface area (Å²) in [7, 11) is -3.13. The van der Waals surface area contributed by atoms with Crippen molar-refractivity contribution in [1.82, 2.24) is 24.6 Å². The Bertz CT molecular complexity index is 1350. The summed E-state index contributed by atoms with van der Waals surface area (Å²) in [5.74, 6) is -0.322.